The van der Waals surface area contributed by atoms with E-state index < -0.39 is 0 Å². The third-order valence-electron chi connectivity index (χ3n) is 4.50. The number of nitrogens with zero attached hydrogens (tertiary/aromatic N) is 4. The third-order valence-corrected chi connectivity index (χ3v) is 4.50. The zero-order valence-corrected chi connectivity index (χ0v) is 14.8. The van der Waals surface area contributed by atoms with Crippen molar-refractivity contribution in [2.45, 2.75) is 6.42 Å². The van der Waals surface area contributed by atoms with Crippen LogP contribution in [0.5, 0.6) is 11.6 Å². The maximum atomic E-state index is 9.36. The van der Waals surface area contributed by atoms with Crippen LogP contribution in [0.25, 0.3) is 0 Å². The van der Waals surface area contributed by atoms with E-state index in [9.17, 15) is 5.11 Å². The lowest BCUT2D eigenvalue weighted by Gasteiger charge is -2.19. The molecule has 1 fully saturated rings. The number of rotatable bonds is 6. The molecule has 0 amide bonds. The van der Waals surface area contributed by atoms with Crippen LogP contribution in [-0.4, -0.2) is 39.8 Å². The van der Waals surface area contributed by atoms with Gasteiger partial charge in [0.15, 0.2) is 5.82 Å². The third kappa shape index (κ3) is 4.15. The first kappa shape index (κ1) is 17.2. The van der Waals surface area contributed by atoms with Gasteiger partial charge >= 0.3 is 0 Å². The van der Waals surface area contributed by atoms with Crippen molar-refractivity contribution in [1.82, 2.24) is 15.0 Å². The molecule has 1 saturated heterocycles. The van der Waals surface area contributed by atoms with Gasteiger partial charge in [0.25, 0.3) is 5.88 Å². The van der Waals surface area contributed by atoms with E-state index in [1.165, 1.54) is 0 Å². The highest BCUT2D eigenvalue weighted by Gasteiger charge is 2.25. The SMILES string of the molecule is OC[C@@H]1CCN(c2nccnc2Oc2ccc(Nc3ccccn3)cc2)C1. The molecule has 1 aromatic carbocycles. The summed E-state index contributed by atoms with van der Waals surface area (Å²) in [6.45, 7) is 1.80. The van der Waals surface area contributed by atoms with Gasteiger partial charge in [-0.25, -0.2) is 15.0 Å². The normalized spacial score (nSPS) is 16.3. The number of aliphatic hydroxyl groups excluding tert-OH is 1. The number of hydrogen-bond acceptors (Lipinski definition) is 7. The van der Waals surface area contributed by atoms with Crippen molar-refractivity contribution < 1.29 is 9.84 Å². The number of aliphatic hydroxyl groups is 1. The van der Waals surface area contributed by atoms with Crippen molar-refractivity contribution >= 4 is 17.3 Å². The summed E-state index contributed by atoms with van der Waals surface area (Å²) in [5, 5.41) is 12.6. The largest absolute Gasteiger partial charge is 0.436 e. The second-order valence-electron chi connectivity index (χ2n) is 6.43. The molecule has 3 aromatic rings. The maximum absolute atomic E-state index is 9.36. The van der Waals surface area contributed by atoms with Gasteiger partial charge in [0.2, 0.25) is 0 Å². The lowest BCUT2D eigenvalue weighted by atomic mass is 10.1. The molecule has 0 unspecified atom stereocenters. The van der Waals surface area contributed by atoms with Crippen LogP contribution in [0.3, 0.4) is 0 Å². The van der Waals surface area contributed by atoms with E-state index in [-0.39, 0.29) is 12.5 Å². The smallest absolute Gasteiger partial charge is 0.263 e. The monoisotopic (exact) mass is 363 g/mol. The average molecular weight is 363 g/mol. The van der Waals surface area contributed by atoms with Gasteiger partial charge in [0, 0.05) is 49.9 Å². The van der Waals surface area contributed by atoms with Crippen molar-refractivity contribution in [3.8, 4) is 11.6 Å². The van der Waals surface area contributed by atoms with Crippen molar-refractivity contribution in [1.29, 1.82) is 0 Å². The number of pyridine rings is 1. The Kier molecular flexibility index (Phi) is 5.11. The summed E-state index contributed by atoms with van der Waals surface area (Å²) >= 11 is 0. The van der Waals surface area contributed by atoms with Crippen LogP contribution in [0, 0.1) is 5.92 Å². The maximum Gasteiger partial charge on any atom is 0.263 e. The zero-order valence-electron chi connectivity index (χ0n) is 14.8. The van der Waals surface area contributed by atoms with Gasteiger partial charge in [-0.2, -0.15) is 0 Å². The molecule has 1 aliphatic rings. The highest BCUT2D eigenvalue weighted by Crippen LogP contribution is 2.32. The summed E-state index contributed by atoms with van der Waals surface area (Å²) in [6, 6.07) is 13.3. The minimum absolute atomic E-state index is 0.192. The number of aromatic nitrogens is 3. The van der Waals surface area contributed by atoms with Gasteiger partial charge in [-0.15, -0.1) is 0 Å². The molecule has 0 saturated carbocycles. The van der Waals surface area contributed by atoms with Crippen molar-refractivity contribution in [3.63, 3.8) is 0 Å². The quantitative estimate of drug-likeness (QED) is 0.696. The molecule has 2 N–H and O–H groups in total. The van der Waals surface area contributed by atoms with Crippen LogP contribution in [0.4, 0.5) is 17.3 Å². The Morgan fingerprint density at radius 2 is 1.89 bits per heavy atom. The average Bonchev–Trinajstić information content (AvgIpc) is 3.20. The van der Waals surface area contributed by atoms with Gasteiger partial charge in [0.05, 0.1) is 0 Å². The molecule has 2 aromatic heterocycles. The van der Waals surface area contributed by atoms with Crippen molar-refractivity contribution in [2.75, 3.05) is 29.9 Å². The second kappa shape index (κ2) is 8.01. The van der Waals surface area contributed by atoms with Crippen molar-refractivity contribution in [3.05, 3.63) is 61.1 Å². The Morgan fingerprint density at radius 3 is 2.63 bits per heavy atom. The number of anilines is 3. The molecule has 0 aliphatic carbocycles. The lowest BCUT2D eigenvalue weighted by Crippen LogP contribution is -2.22. The first-order valence-corrected chi connectivity index (χ1v) is 8.94. The Morgan fingerprint density at radius 1 is 1.04 bits per heavy atom. The Labute approximate surface area is 157 Å². The predicted molar refractivity (Wildman–Crippen MR) is 103 cm³/mol. The lowest BCUT2D eigenvalue weighted by molar-refractivity contribution is 0.238. The standard InChI is InChI=1S/C20H21N5O2/c26-14-15-8-12-25(13-15)19-20(23-11-10-22-19)27-17-6-4-16(5-7-17)24-18-3-1-2-9-21-18/h1-7,9-11,15,26H,8,12-14H2,(H,21,24)/t15-/m1/s1. The first-order chi connectivity index (χ1) is 13.3. The topological polar surface area (TPSA) is 83.4 Å². The molecule has 7 heteroatoms. The van der Waals surface area contributed by atoms with E-state index in [4.69, 9.17) is 4.74 Å². The van der Waals surface area contributed by atoms with Gasteiger partial charge in [-0.1, -0.05) is 6.07 Å². The van der Waals surface area contributed by atoms with E-state index in [1.807, 2.05) is 42.5 Å². The van der Waals surface area contributed by atoms with Crippen LogP contribution in [-0.2, 0) is 0 Å². The number of nitrogens with one attached hydrogen (secondary N) is 1. The molecule has 4 rings (SSSR count). The Bertz CT molecular complexity index is 873. The molecule has 0 spiro atoms. The fourth-order valence-corrected chi connectivity index (χ4v) is 3.08. The molecule has 138 valence electrons. The highest BCUT2D eigenvalue weighted by atomic mass is 16.5. The van der Waals surface area contributed by atoms with E-state index in [2.05, 4.69) is 25.2 Å². The molecule has 0 radical (unpaired) electrons. The predicted octanol–water partition coefficient (Wildman–Crippen LogP) is 3.23. The summed E-state index contributed by atoms with van der Waals surface area (Å²) in [6.07, 6.45) is 5.97. The van der Waals surface area contributed by atoms with Gasteiger partial charge < -0.3 is 20.1 Å². The zero-order chi connectivity index (χ0) is 18.5. The molecule has 7 nitrogen and oxygen atoms in total. The summed E-state index contributed by atoms with van der Waals surface area (Å²) in [4.78, 5) is 15.1. The second-order valence-corrected chi connectivity index (χ2v) is 6.43. The van der Waals surface area contributed by atoms with E-state index in [0.29, 0.717) is 17.4 Å². The van der Waals surface area contributed by atoms with Crippen LogP contribution >= 0.6 is 0 Å². The number of ether oxygens (including phenoxy) is 1. The van der Waals surface area contributed by atoms with E-state index >= 15 is 0 Å². The van der Waals surface area contributed by atoms with Gasteiger partial charge in [-0.05, 0) is 42.8 Å². The Hall–Kier alpha value is -3.19. The molecule has 1 atom stereocenters. The highest BCUT2D eigenvalue weighted by molar-refractivity contribution is 5.57. The fourth-order valence-electron chi connectivity index (χ4n) is 3.08. The van der Waals surface area contributed by atoms with Crippen LogP contribution in [0.1, 0.15) is 6.42 Å². The van der Waals surface area contributed by atoms with Gasteiger partial charge in [-0.3, -0.25) is 0 Å². The first-order valence-electron chi connectivity index (χ1n) is 8.94. The molecule has 1 aliphatic heterocycles. The minimum Gasteiger partial charge on any atom is -0.436 e. The van der Waals surface area contributed by atoms with Crippen LogP contribution < -0.4 is 15.0 Å². The molecular weight excluding hydrogens is 342 g/mol. The van der Waals surface area contributed by atoms with E-state index in [1.54, 1.807) is 18.6 Å². The number of hydrogen-bond donors (Lipinski definition) is 2. The fraction of sp³-hybridized carbons (Fsp3) is 0.250. The van der Waals surface area contributed by atoms with Crippen LogP contribution in [0.15, 0.2) is 61.1 Å². The summed E-state index contributed by atoms with van der Waals surface area (Å²) < 4.78 is 5.97. The van der Waals surface area contributed by atoms with Crippen molar-refractivity contribution in [2.24, 2.45) is 5.92 Å². The molecular formula is C20H21N5O2. The van der Waals surface area contributed by atoms with E-state index in [0.717, 1.165) is 31.0 Å². The number of benzene rings is 1. The summed E-state index contributed by atoms with van der Waals surface area (Å²) in [5.74, 6) is 2.93. The van der Waals surface area contributed by atoms with Crippen LogP contribution in [0.2, 0.25) is 0 Å². The molecule has 27 heavy (non-hydrogen) atoms. The summed E-state index contributed by atoms with van der Waals surface area (Å²) in [5.41, 5.74) is 0.922. The molecule has 3 heterocycles. The summed E-state index contributed by atoms with van der Waals surface area (Å²) in [7, 11) is 0. The van der Waals surface area contributed by atoms with Gasteiger partial charge in [0.1, 0.15) is 11.6 Å². The molecule has 0 bridgehead atoms. The Balaban J connectivity index is 1.46. The minimum atomic E-state index is 0.192.